The minimum atomic E-state index is -0.790. The fourth-order valence-corrected chi connectivity index (χ4v) is 7.40. The van der Waals surface area contributed by atoms with E-state index in [0.29, 0.717) is 19.3 Å². The molecule has 0 saturated carbocycles. The average molecular weight is 943 g/mol. The molecule has 0 rings (SSSR count). The standard InChI is InChI=1S/C62H102O6/c1-4-7-10-13-16-19-21-23-25-27-29-30-31-32-34-35-37-39-41-43-46-49-52-55-61(64)67-58-59(57-66-60(63)54-51-48-45-18-15-12-9-6-3)68-62(65)56-53-50-47-44-42-40-38-36-33-28-26-24-22-20-17-14-11-8-5-2/h7-8,10-11,16-17,19-20,23-26,29-30,32-34,36,59H,4-6,9,12-15,18,21-22,27-28,31,35,37-58H2,1-3H3/b10-7-,11-8-,19-16-,20-17-,25-23-,26-24-,30-29-,34-32-,36-33-. The van der Waals surface area contributed by atoms with Crippen molar-refractivity contribution in [2.75, 3.05) is 13.2 Å². The van der Waals surface area contributed by atoms with Crippen LogP contribution in [0, 0.1) is 0 Å². The maximum Gasteiger partial charge on any atom is 0.306 e. The van der Waals surface area contributed by atoms with E-state index >= 15 is 0 Å². The van der Waals surface area contributed by atoms with Crippen LogP contribution in [0.2, 0.25) is 0 Å². The van der Waals surface area contributed by atoms with Crippen LogP contribution in [0.5, 0.6) is 0 Å². The topological polar surface area (TPSA) is 78.9 Å². The number of carbonyl (C=O) groups is 3. The predicted molar refractivity (Wildman–Crippen MR) is 293 cm³/mol. The molecule has 0 aromatic carbocycles. The third-order valence-corrected chi connectivity index (χ3v) is 11.5. The lowest BCUT2D eigenvalue weighted by Gasteiger charge is -2.18. The second-order valence-electron chi connectivity index (χ2n) is 18.1. The van der Waals surface area contributed by atoms with Crippen LogP contribution in [0.15, 0.2) is 109 Å². The molecule has 1 unspecified atom stereocenters. The van der Waals surface area contributed by atoms with Gasteiger partial charge in [-0.25, -0.2) is 0 Å². The van der Waals surface area contributed by atoms with Gasteiger partial charge in [-0.1, -0.05) is 233 Å². The molecule has 0 fully saturated rings. The van der Waals surface area contributed by atoms with E-state index in [9.17, 15) is 14.4 Å². The first-order chi connectivity index (χ1) is 33.5. The first kappa shape index (κ1) is 64.1. The highest BCUT2D eigenvalue weighted by atomic mass is 16.6. The van der Waals surface area contributed by atoms with E-state index in [0.717, 1.165) is 135 Å². The molecule has 0 aromatic rings. The van der Waals surface area contributed by atoms with Gasteiger partial charge in [0.05, 0.1) is 0 Å². The Bertz CT molecular complexity index is 1410. The SMILES string of the molecule is CC/C=C\C/C=C\C/C=C\C/C=C\C/C=C\CCCCCCCCCC(=O)OCC(COC(=O)CCCCCCCCCC)OC(=O)CCCCCCCC/C=C\C/C=C\C/C=C\C/C=C\CC. The Hall–Kier alpha value is -3.93. The largest absolute Gasteiger partial charge is 0.462 e. The molecule has 0 amide bonds. The van der Waals surface area contributed by atoms with Crippen LogP contribution >= 0.6 is 0 Å². The Morgan fingerprint density at radius 3 is 0.897 bits per heavy atom. The van der Waals surface area contributed by atoms with E-state index in [1.165, 1.54) is 70.6 Å². The summed E-state index contributed by atoms with van der Waals surface area (Å²) in [7, 11) is 0. The smallest absolute Gasteiger partial charge is 0.306 e. The van der Waals surface area contributed by atoms with Crippen molar-refractivity contribution in [3.63, 3.8) is 0 Å². The van der Waals surface area contributed by atoms with E-state index in [1.54, 1.807) is 0 Å². The number of allylic oxidation sites excluding steroid dienone is 18. The van der Waals surface area contributed by atoms with Crippen molar-refractivity contribution in [2.45, 2.75) is 252 Å². The normalized spacial score (nSPS) is 12.9. The van der Waals surface area contributed by atoms with Crippen molar-refractivity contribution in [3.05, 3.63) is 109 Å². The van der Waals surface area contributed by atoms with Gasteiger partial charge in [-0.15, -0.1) is 0 Å². The molecule has 6 heteroatoms. The number of ether oxygens (including phenoxy) is 3. The summed E-state index contributed by atoms with van der Waals surface area (Å²) in [6, 6.07) is 0. The fourth-order valence-electron chi connectivity index (χ4n) is 7.40. The summed E-state index contributed by atoms with van der Waals surface area (Å²) >= 11 is 0. The average Bonchev–Trinajstić information content (AvgIpc) is 3.34. The van der Waals surface area contributed by atoms with Crippen molar-refractivity contribution in [2.24, 2.45) is 0 Å². The Morgan fingerprint density at radius 2 is 0.574 bits per heavy atom. The van der Waals surface area contributed by atoms with Gasteiger partial charge in [0, 0.05) is 19.3 Å². The van der Waals surface area contributed by atoms with Gasteiger partial charge in [0.1, 0.15) is 13.2 Å². The van der Waals surface area contributed by atoms with Crippen molar-refractivity contribution >= 4 is 17.9 Å². The number of unbranched alkanes of at least 4 members (excludes halogenated alkanes) is 20. The van der Waals surface area contributed by atoms with Crippen LogP contribution in [0.25, 0.3) is 0 Å². The van der Waals surface area contributed by atoms with Crippen molar-refractivity contribution in [1.29, 1.82) is 0 Å². The molecule has 386 valence electrons. The molecule has 1 atom stereocenters. The molecule has 0 aliphatic carbocycles. The second kappa shape index (κ2) is 55.7. The molecular weight excluding hydrogens is 841 g/mol. The Kier molecular flexibility index (Phi) is 52.4. The van der Waals surface area contributed by atoms with Crippen LogP contribution < -0.4 is 0 Å². The number of hydrogen-bond acceptors (Lipinski definition) is 6. The van der Waals surface area contributed by atoms with Crippen LogP contribution in [0.1, 0.15) is 245 Å². The molecule has 0 heterocycles. The van der Waals surface area contributed by atoms with Crippen LogP contribution in [-0.2, 0) is 28.6 Å². The second-order valence-corrected chi connectivity index (χ2v) is 18.1. The van der Waals surface area contributed by atoms with Gasteiger partial charge < -0.3 is 14.2 Å². The van der Waals surface area contributed by atoms with E-state index < -0.39 is 6.10 Å². The molecule has 0 saturated heterocycles. The zero-order valence-electron chi connectivity index (χ0n) is 44.1. The highest BCUT2D eigenvalue weighted by Crippen LogP contribution is 2.14. The molecule has 0 aliphatic heterocycles. The summed E-state index contributed by atoms with van der Waals surface area (Å²) < 4.78 is 16.8. The first-order valence-corrected chi connectivity index (χ1v) is 27.9. The summed E-state index contributed by atoms with van der Waals surface area (Å²) in [4.78, 5) is 38.0. The lowest BCUT2D eigenvalue weighted by atomic mass is 10.1. The summed E-state index contributed by atoms with van der Waals surface area (Å²) in [5.41, 5.74) is 0. The molecule has 0 spiro atoms. The Morgan fingerprint density at radius 1 is 0.309 bits per heavy atom. The highest BCUT2D eigenvalue weighted by molar-refractivity contribution is 5.71. The predicted octanol–water partition coefficient (Wildman–Crippen LogP) is 18.7. The van der Waals surface area contributed by atoms with Gasteiger partial charge in [0.25, 0.3) is 0 Å². The zero-order chi connectivity index (χ0) is 49.3. The maximum atomic E-state index is 12.8. The number of hydrogen-bond donors (Lipinski definition) is 0. The molecule has 0 radical (unpaired) electrons. The molecule has 68 heavy (non-hydrogen) atoms. The number of rotatable bonds is 49. The van der Waals surface area contributed by atoms with Crippen molar-refractivity contribution in [3.8, 4) is 0 Å². The van der Waals surface area contributed by atoms with Gasteiger partial charge >= 0.3 is 17.9 Å². The third-order valence-electron chi connectivity index (χ3n) is 11.5. The van der Waals surface area contributed by atoms with Crippen LogP contribution in [-0.4, -0.2) is 37.2 Å². The summed E-state index contributed by atoms with van der Waals surface area (Å²) in [5.74, 6) is -0.919. The Balaban J connectivity index is 4.31. The van der Waals surface area contributed by atoms with Crippen molar-refractivity contribution < 1.29 is 28.6 Å². The van der Waals surface area contributed by atoms with Gasteiger partial charge in [-0.2, -0.15) is 0 Å². The summed E-state index contributed by atoms with van der Waals surface area (Å²) in [5, 5.41) is 0. The first-order valence-electron chi connectivity index (χ1n) is 27.9. The highest BCUT2D eigenvalue weighted by Gasteiger charge is 2.19. The minimum absolute atomic E-state index is 0.0881. The van der Waals surface area contributed by atoms with Crippen LogP contribution in [0.3, 0.4) is 0 Å². The van der Waals surface area contributed by atoms with E-state index in [2.05, 4.69) is 130 Å². The third kappa shape index (κ3) is 53.0. The van der Waals surface area contributed by atoms with Crippen molar-refractivity contribution in [1.82, 2.24) is 0 Å². The van der Waals surface area contributed by atoms with Crippen LogP contribution in [0.4, 0.5) is 0 Å². The molecule has 0 aromatic heterocycles. The van der Waals surface area contributed by atoms with Gasteiger partial charge in [-0.05, 0) is 103 Å². The summed E-state index contributed by atoms with van der Waals surface area (Å²) in [6.45, 7) is 6.36. The molecule has 0 N–H and O–H groups in total. The molecular formula is C62H102O6. The zero-order valence-corrected chi connectivity index (χ0v) is 44.1. The lowest BCUT2D eigenvalue weighted by molar-refractivity contribution is -0.167. The van der Waals surface area contributed by atoms with Gasteiger partial charge in [0.15, 0.2) is 6.10 Å². The molecule has 6 nitrogen and oxygen atoms in total. The lowest BCUT2D eigenvalue weighted by Crippen LogP contribution is -2.30. The molecule has 0 bridgehead atoms. The Labute approximate surface area is 419 Å². The number of carbonyl (C=O) groups excluding carboxylic acids is 3. The fraction of sp³-hybridized carbons (Fsp3) is 0.661. The quantitative estimate of drug-likeness (QED) is 0.0262. The van der Waals surface area contributed by atoms with E-state index in [-0.39, 0.29) is 31.1 Å². The monoisotopic (exact) mass is 943 g/mol. The molecule has 0 aliphatic rings. The van der Waals surface area contributed by atoms with E-state index in [4.69, 9.17) is 14.2 Å². The summed E-state index contributed by atoms with van der Waals surface area (Å²) in [6.07, 6.45) is 75.1. The minimum Gasteiger partial charge on any atom is -0.462 e. The van der Waals surface area contributed by atoms with Gasteiger partial charge in [0.2, 0.25) is 0 Å². The van der Waals surface area contributed by atoms with E-state index in [1.807, 2.05) is 0 Å². The number of esters is 3. The maximum absolute atomic E-state index is 12.8. The van der Waals surface area contributed by atoms with Gasteiger partial charge in [-0.3, -0.25) is 14.4 Å².